The molecule has 0 aromatic carbocycles. The molecule has 0 amide bonds. The minimum Gasteiger partial charge on any atom is -0.482 e. The maximum atomic E-state index is 5.36. The molecule has 0 saturated heterocycles. The van der Waals surface area contributed by atoms with Gasteiger partial charge in [-0.25, -0.2) is 4.98 Å². The maximum Gasteiger partial charge on any atom is 0.212 e. The molecule has 2 rings (SSSR count). The third-order valence-electron chi connectivity index (χ3n) is 2.43. The number of pyridine rings is 1. The lowest BCUT2D eigenvalue weighted by atomic mass is 10.2. The van der Waals surface area contributed by atoms with E-state index in [1.54, 1.807) is 0 Å². The highest BCUT2D eigenvalue weighted by atomic mass is 32.1. The minimum absolute atomic E-state index is 0.489. The Hall–Kier alpha value is -1.42. The molecule has 84 valence electrons. The van der Waals surface area contributed by atoms with Crippen LogP contribution in [0.2, 0.25) is 0 Å². The van der Waals surface area contributed by atoms with Gasteiger partial charge in [-0.3, -0.25) is 0 Å². The van der Waals surface area contributed by atoms with Crippen LogP contribution < -0.4 is 0 Å². The highest BCUT2D eigenvalue weighted by molar-refractivity contribution is 7.80. The topological polar surface area (TPSA) is 26.5 Å². The van der Waals surface area contributed by atoms with E-state index in [2.05, 4.69) is 16.3 Å². The summed E-state index contributed by atoms with van der Waals surface area (Å²) in [6, 6.07) is 5.92. The van der Waals surface area contributed by atoms with E-state index in [0.717, 1.165) is 23.5 Å². The molecule has 0 atom stereocenters. The molecule has 0 unspecified atom stereocenters. The van der Waals surface area contributed by atoms with Gasteiger partial charge in [0.25, 0.3) is 0 Å². The van der Waals surface area contributed by atoms with Crippen LogP contribution in [0.15, 0.2) is 24.4 Å². The number of hydrogen-bond donors (Lipinski definition) is 0. The van der Waals surface area contributed by atoms with E-state index in [1.165, 1.54) is 0 Å². The Labute approximate surface area is 100 Å². The number of aryl methyl sites for hydroxylation is 1. The van der Waals surface area contributed by atoms with Crippen LogP contribution >= 0.6 is 12.2 Å². The van der Waals surface area contributed by atoms with E-state index in [-0.39, 0.29) is 0 Å². The van der Waals surface area contributed by atoms with Crippen molar-refractivity contribution in [2.24, 2.45) is 0 Å². The molecule has 0 fully saturated rings. The number of thiocarbonyl (C=S) groups is 1. The molecule has 0 radical (unpaired) electrons. The molecule has 2 aromatic heterocycles. The smallest absolute Gasteiger partial charge is 0.212 e. The van der Waals surface area contributed by atoms with Gasteiger partial charge >= 0.3 is 0 Å². The molecule has 0 spiro atoms. The summed E-state index contributed by atoms with van der Waals surface area (Å²) in [5.41, 5.74) is 2.82. The van der Waals surface area contributed by atoms with Crippen molar-refractivity contribution in [2.45, 2.75) is 20.3 Å². The number of rotatable bonds is 3. The second-order valence-electron chi connectivity index (χ2n) is 3.41. The summed E-state index contributed by atoms with van der Waals surface area (Å²) in [6.07, 6.45) is 2.88. The van der Waals surface area contributed by atoms with Crippen LogP contribution in [0.25, 0.3) is 5.65 Å². The average molecular weight is 234 g/mol. The SMILES string of the molecule is CCOC(=S)c1nc2ccccn2c1CC. The van der Waals surface area contributed by atoms with Crippen LogP contribution in [0.4, 0.5) is 0 Å². The highest BCUT2D eigenvalue weighted by Gasteiger charge is 2.14. The fourth-order valence-electron chi connectivity index (χ4n) is 1.75. The summed E-state index contributed by atoms with van der Waals surface area (Å²) < 4.78 is 7.41. The van der Waals surface area contributed by atoms with Gasteiger partial charge in [-0.15, -0.1) is 0 Å². The number of fused-ring (bicyclic) bond motifs is 1. The third kappa shape index (κ3) is 1.80. The van der Waals surface area contributed by atoms with Crippen LogP contribution in [0.3, 0.4) is 0 Å². The van der Waals surface area contributed by atoms with Crippen molar-refractivity contribution in [3.05, 3.63) is 35.8 Å². The summed E-state index contributed by atoms with van der Waals surface area (Å²) in [4.78, 5) is 4.50. The van der Waals surface area contributed by atoms with Crippen molar-refractivity contribution in [2.75, 3.05) is 6.61 Å². The van der Waals surface area contributed by atoms with Crippen molar-refractivity contribution in [3.8, 4) is 0 Å². The van der Waals surface area contributed by atoms with Crippen LogP contribution in [0.1, 0.15) is 25.2 Å². The zero-order valence-electron chi connectivity index (χ0n) is 9.43. The second-order valence-corrected chi connectivity index (χ2v) is 3.78. The second kappa shape index (κ2) is 4.61. The molecule has 0 saturated carbocycles. The summed E-state index contributed by atoms with van der Waals surface area (Å²) in [5.74, 6) is 0. The maximum absolute atomic E-state index is 5.36. The number of ether oxygens (including phenoxy) is 1. The van der Waals surface area contributed by atoms with Crippen LogP contribution in [0, 0.1) is 0 Å². The van der Waals surface area contributed by atoms with E-state index < -0.39 is 0 Å². The van der Waals surface area contributed by atoms with E-state index in [0.29, 0.717) is 11.7 Å². The molecule has 2 aromatic rings. The molecule has 16 heavy (non-hydrogen) atoms. The Morgan fingerprint density at radius 1 is 1.44 bits per heavy atom. The Balaban J connectivity index is 2.56. The quantitative estimate of drug-likeness (QED) is 0.764. The molecule has 0 aliphatic rings. The van der Waals surface area contributed by atoms with Crippen molar-refractivity contribution in [1.82, 2.24) is 9.38 Å². The average Bonchev–Trinajstić information content (AvgIpc) is 2.67. The molecule has 3 nitrogen and oxygen atoms in total. The Morgan fingerprint density at radius 2 is 2.25 bits per heavy atom. The number of imidazole rings is 1. The number of nitrogens with zero attached hydrogens (tertiary/aromatic N) is 2. The van der Waals surface area contributed by atoms with E-state index >= 15 is 0 Å². The lowest BCUT2D eigenvalue weighted by molar-refractivity contribution is 0.336. The standard InChI is InChI=1S/C12H14N2OS/c1-3-9-11(12(16)15-4-2)13-10-7-5-6-8-14(9)10/h5-8H,3-4H2,1-2H3. The minimum atomic E-state index is 0.489. The fourth-order valence-corrected chi connectivity index (χ4v) is 2.03. The normalized spacial score (nSPS) is 10.6. The van der Waals surface area contributed by atoms with Crippen molar-refractivity contribution >= 4 is 22.9 Å². The summed E-state index contributed by atoms with van der Waals surface area (Å²) in [6.45, 7) is 4.60. The first-order valence-electron chi connectivity index (χ1n) is 5.41. The van der Waals surface area contributed by atoms with Gasteiger partial charge in [-0.2, -0.15) is 0 Å². The third-order valence-corrected chi connectivity index (χ3v) is 2.74. The van der Waals surface area contributed by atoms with Crippen LogP contribution in [-0.4, -0.2) is 21.0 Å². The monoisotopic (exact) mass is 234 g/mol. The predicted octanol–water partition coefficient (Wildman–Crippen LogP) is 2.61. The number of aromatic nitrogens is 2. The largest absolute Gasteiger partial charge is 0.482 e. The van der Waals surface area contributed by atoms with Crippen LogP contribution in [-0.2, 0) is 11.2 Å². The van der Waals surface area contributed by atoms with Gasteiger partial charge in [-0.05, 0) is 37.7 Å². The van der Waals surface area contributed by atoms with Gasteiger partial charge in [0.05, 0.1) is 12.3 Å². The first-order valence-corrected chi connectivity index (χ1v) is 5.81. The van der Waals surface area contributed by atoms with Crippen molar-refractivity contribution < 1.29 is 4.74 Å². The Morgan fingerprint density at radius 3 is 2.94 bits per heavy atom. The number of hydrogen-bond acceptors (Lipinski definition) is 3. The molecular formula is C12H14N2OS. The molecule has 0 bridgehead atoms. The summed E-state index contributed by atoms with van der Waals surface area (Å²) in [5, 5.41) is 0.489. The van der Waals surface area contributed by atoms with Crippen molar-refractivity contribution in [3.63, 3.8) is 0 Å². The van der Waals surface area contributed by atoms with Gasteiger partial charge < -0.3 is 9.14 Å². The molecule has 0 aliphatic heterocycles. The summed E-state index contributed by atoms with van der Waals surface area (Å²) >= 11 is 5.22. The molecule has 2 heterocycles. The van der Waals surface area contributed by atoms with E-state index in [4.69, 9.17) is 17.0 Å². The van der Waals surface area contributed by atoms with Gasteiger partial charge in [0.15, 0.2) is 0 Å². The van der Waals surface area contributed by atoms with Gasteiger partial charge in [0, 0.05) is 6.20 Å². The van der Waals surface area contributed by atoms with Gasteiger partial charge in [-0.1, -0.05) is 13.0 Å². The van der Waals surface area contributed by atoms with Gasteiger partial charge in [0.1, 0.15) is 11.3 Å². The lowest BCUT2D eigenvalue weighted by Gasteiger charge is -2.04. The fraction of sp³-hybridized carbons (Fsp3) is 0.333. The lowest BCUT2D eigenvalue weighted by Crippen LogP contribution is -2.07. The zero-order chi connectivity index (χ0) is 11.5. The first-order chi connectivity index (χ1) is 7.77. The zero-order valence-corrected chi connectivity index (χ0v) is 10.3. The highest BCUT2D eigenvalue weighted by Crippen LogP contribution is 2.14. The summed E-state index contributed by atoms with van der Waals surface area (Å²) in [7, 11) is 0. The van der Waals surface area contributed by atoms with Crippen molar-refractivity contribution in [1.29, 1.82) is 0 Å². The Bertz CT molecular complexity index is 519. The van der Waals surface area contributed by atoms with Gasteiger partial charge in [0.2, 0.25) is 5.05 Å². The van der Waals surface area contributed by atoms with E-state index in [9.17, 15) is 0 Å². The van der Waals surface area contributed by atoms with Crippen LogP contribution in [0.5, 0.6) is 0 Å². The molecule has 4 heteroatoms. The first kappa shape index (κ1) is 11.1. The molecular weight excluding hydrogens is 220 g/mol. The van der Waals surface area contributed by atoms with E-state index in [1.807, 2.05) is 31.3 Å². The molecule has 0 N–H and O–H groups in total. The predicted molar refractivity (Wildman–Crippen MR) is 67.9 cm³/mol. The molecule has 0 aliphatic carbocycles. The Kier molecular flexibility index (Phi) is 3.19.